The van der Waals surface area contributed by atoms with Gasteiger partial charge < -0.3 is 15.2 Å². The van der Waals surface area contributed by atoms with Crippen LogP contribution in [0.1, 0.15) is 26.5 Å². The first-order valence-corrected chi connectivity index (χ1v) is 5.87. The molecule has 6 heteroatoms. The fourth-order valence-electron chi connectivity index (χ4n) is 1.25. The molecule has 0 saturated heterocycles. The van der Waals surface area contributed by atoms with E-state index in [1.807, 2.05) is 20.8 Å². The molecule has 1 heterocycles. The highest BCUT2D eigenvalue weighted by molar-refractivity contribution is 5.70. The molecular weight excluding hydrogens is 234 g/mol. The summed E-state index contributed by atoms with van der Waals surface area (Å²) in [6, 6.07) is 1.74. The smallest absolute Gasteiger partial charge is 0.308 e. The Morgan fingerprint density at radius 3 is 2.67 bits per heavy atom. The molecule has 0 saturated carbocycles. The van der Waals surface area contributed by atoms with Gasteiger partial charge in [0.25, 0.3) is 0 Å². The van der Waals surface area contributed by atoms with Gasteiger partial charge in [-0.1, -0.05) is 6.92 Å². The van der Waals surface area contributed by atoms with Gasteiger partial charge in [0.05, 0.1) is 12.0 Å². The summed E-state index contributed by atoms with van der Waals surface area (Å²) >= 11 is 0. The topological polar surface area (TPSA) is 84.3 Å². The van der Waals surface area contributed by atoms with Crippen LogP contribution in [0.3, 0.4) is 0 Å². The Morgan fingerprint density at radius 1 is 1.44 bits per heavy atom. The van der Waals surface area contributed by atoms with Gasteiger partial charge in [0.1, 0.15) is 0 Å². The standard InChI is InChI=1S/C12H19N3O3/c1-7(2)18-10-5-9(4)14-12(15-10)13-6-8(3)11(16)17/h5,7-8H,6H2,1-4H3,(H,16,17)(H,13,14,15). The van der Waals surface area contributed by atoms with Crippen LogP contribution in [-0.2, 0) is 4.79 Å². The number of nitrogens with zero attached hydrogens (tertiary/aromatic N) is 2. The van der Waals surface area contributed by atoms with Crippen molar-refractivity contribution in [2.24, 2.45) is 5.92 Å². The first-order chi connectivity index (χ1) is 8.38. The molecule has 18 heavy (non-hydrogen) atoms. The number of carboxylic acid groups (broad SMARTS) is 1. The molecule has 0 spiro atoms. The van der Waals surface area contributed by atoms with Crippen molar-refractivity contribution in [3.05, 3.63) is 11.8 Å². The normalized spacial score (nSPS) is 12.3. The Bertz CT molecular complexity index is 421. The first kappa shape index (κ1) is 14.2. The average Bonchev–Trinajstić information content (AvgIpc) is 2.23. The van der Waals surface area contributed by atoms with Gasteiger partial charge in [0.15, 0.2) is 0 Å². The fourth-order valence-corrected chi connectivity index (χ4v) is 1.25. The van der Waals surface area contributed by atoms with E-state index in [1.54, 1.807) is 13.0 Å². The summed E-state index contributed by atoms with van der Waals surface area (Å²) in [5.41, 5.74) is 0.770. The van der Waals surface area contributed by atoms with Crippen molar-refractivity contribution in [2.75, 3.05) is 11.9 Å². The molecule has 0 radical (unpaired) electrons. The van der Waals surface area contributed by atoms with Crippen LogP contribution in [0.4, 0.5) is 5.95 Å². The number of rotatable bonds is 6. The molecule has 2 N–H and O–H groups in total. The zero-order chi connectivity index (χ0) is 13.7. The molecule has 0 amide bonds. The van der Waals surface area contributed by atoms with Crippen molar-refractivity contribution >= 4 is 11.9 Å². The number of nitrogens with one attached hydrogen (secondary N) is 1. The quantitative estimate of drug-likeness (QED) is 0.802. The molecule has 6 nitrogen and oxygen atoms in total. The molecule has 0 fully saturated rings. The Hall–Kier alpha value is -1.85. The second-order valence-corrected chi connectivity index (χ2v) is 4.46. The molecule has 0 aromatic carbocycles. The van der Waals surface area contributed by atoms with Crippen molar-refractivity contribution in [1.82, 2.24) is 9.97 Å². The molecule has 1 atom stereocenters. The van der Waals surface area contributed by atoms with E-state index in [0.717, 1.165) is 5.69 Å². The van der Waals surface area contributed by atoms with E-state index in [0.29, 0.717) is 11.8 Å². The van der Waals surface area contributed by atoms with Crippen LogP contribution in [0.15, 0.2) is 6.07 Å². The number of hydrogen-bond donors (Lipinski definition) is 2. The highest BCUT2D eigenvalue weighted by atomic mass is 16.5. The molecule has 1 aromatic rings. The maximum Gasteiger partial charge on any atom is 0.308 e. The minimum Gasteiger partial charge on any atom is -0.481 e. The third-order valence-corrected chi connectivity index (χ3v) is 2.18. The van der Waals surface area contributed by atoms with E-state index in [-0.39, 0.29) is 12.6 Å². The lowest BCUT2D eigenvalue weighted by Crippen LogP contribution is -2.21. The summed E-state index contributed by atoms with van der Waals surface area (Å²) in [5, 5.41) is 11.7. The van der Waals surface area contributed by atoms with Gasteiger partial charge in [-0.2, -0.15) is 4.98 Å². The largest absolute Gasteiger partial charge is 0.481 e. The van der Waals surface area contributed by atoms with Gasteiger partial charge in [-0.25, -0.2) is 4.98 Å². The maximum absolute atomic E-state index is 10.7. The molecular formula is C12H19N3O3. The molecule has 0 aliphatic rings. The lowest BCUT2D eigenvalue weighted by Gasteiger charge is -2.12. The van der Waals surface area contributed by atoms with Crippen molar-refractivity contribution in [2.45, 2.75) is 33.8 Å². The first-order valence-electron chi connectivity index (χ1n) is 5.87. The second kappa shape index (κ2) is 6.18. The van der Waals surface area contributed by atoms with E-state index in [1.165, 1.54) is 0 Å². The predicted molar refractivity (Wildman–Crippen MR) is 67.8 cm³/mol. The highest BCUT2D eigenvalue weighted by Crippen LogP contribution is 2.13. The minimum atomic E-state index is -0.853. The number of aryl methyl sites for hydroxylation is 1. The van der Waals surface area contributed by atoms with Crippen LogP contribution in [-0.4, -0.2) is 33.7 Å². The van der Waals surface area contributed by atoms with Gasteiger partial charge >= 0.3 is 5.97 Å². The van der Waals surface area contributed by atoms with Crippen LogP contribution < -0.4 is 10.1 Å². The van der Waals surface area contributed by atoms with Crippen molar-refractivity contribution in [3.63, 3.8) is 0 Å². The molecule has 100 valence electrons. The van der Waals surface area contributed by atoms with Crippen LogP contribution in [0, 0.1) is 12.8 Å². The van der Waals surface area contributed by atoms with Gasteiger partial charge in [-0.05, 0) is 20.8 Å². The van der Waals surface area contributed by atoms with E-state index < -0.39 is 11.9 Å². The van der Waals surface area contributed by atoms with Crippen molar-refractivity contribution < 1.29 is 14.6 Å². The third kappa shape index (κ3) is 4.57. The summed E-state index contributed by atoms with van der Waals surface area (Å²) in [4.78, 5) is 19.0. The summed E-state index contributed by atoms with van der Waals surface area (Å²) in [5.74, 6) is -0.473. The minimum absolute atomic E-state index is 0.0325. The number of ether oxygens (including phenoxy) is 1. The SMILES string of the molecule is Cc1cc(OC(C)C)nc(NCC(C)C(=O)O)n1. The molecule has 1 rings (SSSR count). The number of carbonyl (C=O) groups is 1. The lowest BCUT2D eigenvalue weighted by atomic mass is 10.2. The Kier molecular flexibility index (Phi) is 4.88. The van der Waals surface area contributed by atoms with Crippen LogP contribution in [0.5, 0.6) is 5.88 Å². The lowest BCUT2D eigenvalue weighted by molar-refractivity contribution is -0.140. The Balaban J connectivity index is 2.71. The maximum atomic E-state index is 10.7. The van der Waals surface area contributed by atoms with E-state index in [2.05, 4.69) is 15.3 Å². The number of aliphatic carboxylic acids is 1. The number of hydrogen-bond acceptors (Lipinski definition) is 5. The zero-order valence-electron chi connectivity index (χ0n) is 11.1. The van der Waals surface area contributed by atoms with Crippen LogP contribution in [0.25, 0.3) is 0 Å². The van der Waals surface area contributed by atoms with Gasteiger partial charge in [-0.15, -0.1) is 0 Å². The van der Waals surface area contributed by atoms with E-state index >= 15 is 0 Å². The monoisotopic (exact) mass is 253 g/mol. The van der Waals surface area contributed by atoms with Crippen molar-refractivity contribution in [1.29, 1.82) is 0 Å². The zero-order valence-corrected chi connectivity index (χ0v) is 11.1. The van der Waals surface area contributed by atoms with Crippen LogP contribution in [0.2, 0.25) is 0 Å². The average molecular weight is 253 g/mol. The summed E-state index contributed by atoms with van der Waals surface area (Å²) < 4.78 is 5.48. The Labute approximate surface area is 106 Å². The number of anilines is 1. The van der Waals surface area contributed by atoms with E-state index in [9.17, 15) is 4.79 Å². The van der Waals surface area contributed by atoms with Gasteiger partial charge in [0, 0.05) is 18.3 Å². The van der Waals surface area contributed by atoms with Crippen LogP contribution >= 0.6 is 0 Å². The number of carboxylic acids is 1. The molecule has 0 aliphatic heterocycles. The number of aromatic nitrogens is 2. The summed E-state index contributed by atoms with van der Waals surface area (Å²) in [7, 11) is 0. The third-order valence-electron chi connectivity index (χ3n) is 2.18. The van der Waals surface area contributed by atoms with Gasteiger partial charge in [-0.3, -0.25) is 4.79 Å². The summed E-state index contributed by atoms with van der Waals surface area (Å²) in [6.45, 7) is 7.56. The Morgan fingerprint density at radius 2 is 2.11 bits per heavy atom. The molecule has 1 aromatic heterocycles. The fraction of sp³-hybridized carbons (Fsp3) is 0.583. The van der Waals surface area contributed by atoms with E-state index in [4.69, 9.17) is 9.84 Å². The van der Waals surface area contributed by atoms with Gasteiger partial charge in [0.2, 0.25) is 11.8 Å². The molecule has 0 aliphatic carbocycles. The second-order valence-electron chi connectivity index (χ2n) is 4.46. The highest BCUT2D eigenvalue weighted by Gasteiger charge is 2.11. The predicted octanol–water partition coefficient (Wildman–Crippen LogP) is 1.70. The van der Waals surface area contributed by atoms with Crippen molar-refractivity contribution in [3.8, 4) is 5.88 Å². The summed E-state index contributed by atoms with van der Waals surface area (Å²) in [6.07, 6.45) is 0.0325. The molecule has 1 unspecified atom stereocenters. The molecule has 0 bridgehead atoms.